The van der Waals surface area contributed by atoms with Gasteiger partial charge in [-0.2, -0.15) is 0 Å². The predicted molar refractivity (Wildman–Crippen MR) is 137 cm³/mol. The third kappa shape index (κ3) is 5.55. The first-order valence-corrected chi connectivity index (χ1v) is 12.9. The van der Waals surface area contributed by atoms with Crippen molar-refractivity contribution < 1.29 is 24.1 Å². The van der Waals surface area contributed by atoms with E-state index in [1.165, 1.54) is 16.9 Å². The van der Waals surface area contributed by atoms with E-state index in [1.807, 2.05) is 24.3 Å². The molecule has 0 spiro atoms. The third-order valence-corrected chi connectivity index (χ3v) is 7.62. The van der Waals surface area contributed by atoms with Gasteiger partial charge in [0.05, 0.1) is 13.2 Å². The molecule has 10 heteroatoms. The van der Waals surface area contributed by atoms with Crippen molar-refractivity contribution in [2.45, 2.75) is 44.2 Å². The van der Waals surface area contributed by atoms with Crippen molar-refractivity contribution in [2.75, 3.05) is 31.2 Å². The number of nitrogens with one attached hydrogen (secondary N) is 1. The normalized spacial score (nSPS) is 19.9. The maximum Gasteiger partial charge on any atom is 0.404 e. The summed E-state index contributed by atoms with van der Waals surface area (Å²) in [5.74, 6) is 1.52. The van der Waals surface area contributed by atoms with Gasteiger partial charge in [-0.1, -0.05) is 43.2 Å². The van der Waals surface area contributed by atoms with Crippen LogP contribution in [0.15, 0.2) is 48.5 Å². The Balaban J connectivity index is 1.17. The molecule has 1 amide bonds. The predicted octanol–water partition coefficient (Wildman–Crippen LogP) is 4.67. The van der Waals surface area contributed by atoms with E-state index in [-0.39, 0.29) is 17.6 Å². The third-order valence-electron chi connectivity index (χ3n) is 6.76. The molecule has 2 N–H and O–H groups in total. The van der Waals surface area contributed by atoms with Gasteiger partial charge in [-0.15, -0.1) is 5.10 Å². The molecule has 2 aliphatic rings. The Bertz CT molecular complexity index is 1170. The zero-order valence-electron chi connectivity index (χ0n) is 20.3. The van der Waals surface area contributed by atoms with Crippen LogP contribution in [0.1, 0.15) is 37.8 Å². The number of hydrogen-bond donors (Lipinski definition) is 2. The van der Waals surface area contributed by atoms with Gasteiger partial charge in [0.25, 0.3) is 0 Å². The van der Waals surface area contributed by atoms with Gasteiger partial charge in [0.1, 0.15) is 17.6 Å². The maximum absolute atomic E-state index is 10.7. The molecule has 9 nitrogen and oxygen atoms in total. The number of carbonyl (C=O) groups is 1. The molecule has 1 aromatic heterocycles. The molecule has 5 rings (SSSR count). The average molecular weight is 511 g/mol. The van der Waals surface area contributed by atoms with E-state index in [2.05, 4.69) is 58.5 Å². The van der Waals surface area contributed by atoms with Gasteiger partial charge < -0.3 is 29.5 Å². The van der Waals surface area contributed by atoms with E-state index in [0.717, 1.165) is 35.3 Å². The molecule has 0 radical (unpaired) electrons. The molecule has 1 aliphatic heterocycles. The Morgan fingerprint density at radius 3 is 2.25 bits per heavy atom. The summed E-state index contributed by atoms with van der Waals surface area (Å²) in [5.41, 5.74) is 2.12. The summed E-state index contributed by atoms with van der Waals surface area (Å²) in [7, 11) is 0. The van der Waals surface area contributed by atoms with Gasteiger partial charge in [0.2, 0.25) is 5.13 Å². The first kappa shape index (κ1) is 24.3. The van der Waals surface area contributed by atoms with Crippen molar-refractivity contribution in [3.8, 4) is 16.7 Å². The van der Waals surface area contributed by atoms with Crippen LogP contribution in [0.5, 0.6) is 16.7 Å². The summed E-state index contributed by atoms with van der Waals surface area (Å²) in [4.78, 5) is 12.9. The van der Waals surface area contributed by atoms with Crippen LogP contribution in [0.25, 0.3) is 0 Å². The van der Waals surface area contributed by atoms with Crippen molar-refractivity contribution in [3.63, 3.8) is 0 Å². The van der Waals surface area contributed by atoms with Crippen LogP contribution in [0.4, 0.5) is 9.93 Å². The molecule has 36 heavy (non-hydrogen) atoms. The summed E-state index contributed by atoms with van der Waals surface area (Å²) >= 11 is 1.44. The zero-order chi connectivity index (χ0) is 25.1. The van der Waals surface area contributed by atoms with Crippen LogP contribution in [0.2, 0.25) is 0 Å². The standard InChI is InChI=1S/C26H30N4O5S/c1-26(2,17-3-7-20(8-4-17)34-22-15-19(16-22)27-24(31)32)18-5-9-21(10-6-18)35-25-29-28-23(36-25)30-11-13-33-14-12-30/h3-10,19,22,27H,11-16H2,1-2H3,(H,31,32)/t19-,22-. The second kappa shape index (κ2) is 10.3. The second-order valence-corrected chi connectivity index (χ2v) is 10.5. The molecule has 1 saturated heterocycles. The van der Waals surface area contributed by atoms with E-state index in [9.17, 15) is 4.79 Å². The van der Waals surface area contributed by atoms with Crippen molar-refractivity contribution in [2.24, 2.45) is 0 Å². The minimum absolute atomic E-state index is 0.0173. The van der Waals surface area contributed by atoms with Crippen LogP contribution in [-0.4, -0.2) is 59.8 Å². The van der Waals surface area contributed by atoms with Crippen molar-refractivity contribution in [3.05, 3.63) is 59.7 Å². The quantitative estimate of drug-likeness (QED) is 0.450. The Morgan fingerprint density at radius 2 is 1.64 bits per heavy atom. The fraction of sp³-hybridized carbons (Fsp3) is 0.423. The number of nitrogens with zero attached hydrogens (tertiary/aromatic N) is 3. The van der Waals surface area contributed by atoms with E-state index in [1.54, 1.807) is 0 Å². The summed E-state index contributed by atoms with van der Waals surface area (Å²) in [6, 6.07) is 16.2. The monoisotopic (exact) mass is 510 g/mol. The highest BCUT2D eigenvalue weighted by molar-refractivity contribution is 7.17. The molecule has 0 unspecified atom stereocenters. The molecule has 2 heterocycles. The number of carboxylic acid groups (broad SMARTS) is 1. The Kier molecular flexibility index (Phi) is 6.97. The maximum atomic E-state index is 10.7. The molecule has 1 saturated carbocycles. The SMILES string of the molecule is CC(C)(c1ccc(Oc2nnc(N3CCOCC3)s2)cc1)c1ccc(O[C@H]2C[C@H](NC(=O)O)C2)cc1. The Morgan fingerprint density at radius 1 is 1.03 bits per heavy atom. The number of ether oxygens (including phenoxy) is 3. The molecular formula is C26H30N4O5S. The molecule has 0 atom stereocenters. The first-order chi connectivity index (χ1) is 17.4. The van der Waals surface area contributed by atoms with Crippen molar-refractivity contribution >= 4 is 22.6 Å². The van der Waals surface area contributed by atoms with E-state index >= 15 is 0 Å². The molecule has 2 aromatic carbocycles. The number of aromatic nitrogens is 2. The van der Waals surface area contributed by atoms with E-state index in [0.29, 0.717) is 31.2 Å². The zero-order valence-corrected chi connectivity index (χ0v) is 21.2. The van der Waals surface area contributed by atoms with Crippen LogP contribution in [-0.2, 0) is 10.2 Å². The number of anilines is 1. The summed E-state index contributed by atoms with van der Waals surface area (Å²) < 4.78 is 17.3. The lowest BCUT2D eigenvalue weighted by Gasteiger charge is -2.35. The highest BCUT2D eigenvalue weighted by Gasteiger charge is 2.32. The number of benzene rings is 2. The van der Waals surface area contributed by atoms with Crippen LogP contribution >= 0.6 is 11.3 Å². The van der Waals surface area contributed by atoms with Gasteiger partial charge in [-0.05, 0) is 46.7 Å². The molecule has 2 fully saturated rings. The summed E-state index contributed by atoms with van der Waals surface area (Å²) in [6.07, 6.45) is 0.452. The first-order valence-electron chi connectivity index (χ1n) is 12.1. The van der Waals surface area contributed by atoms with Crippen LogP contribution in [0, 0.1) is 0 Å². The van der Waals surface area contributed by atoms with Gasteiger partial charge in [-0.25, -0.2) is 4.79 Å². The lowest BCUT2D eigenvalue weighted by Crippen LogP contribution is -2.48. The lowest BCUT2D eigenvalue weighted by molar-refractivity contribution is 0.0833. The smallest absolute Gasteiger partial charge is 0.404 e. The van der Waals surface area contributed by atoms with Gasteiger partial charge in [0, 0.05) is 37.4 Å². The number of hydrogen-bond acceptors (Lipinski definition) is 8. The minimum atomic E-state index is -0.984. The Hall–Kier alpha value is -3.37. The largest absolute Gasteiger partial charge is 0.490 e. The molecule has 0 bridgehead atoms. The van der Waals surface area contributed by atoms with E-state index in [4.69, 9.17) is 19.3 Å². The van der Waals surface area contributed by atoms with Gasteiger partial charge in [0.15, 0.2) is 0 Å². The van der Waals surface area contributed by atoms with Gasteiger partial charge in [-0.3, -0.25) is 0 Å². The highest BCUT2D eigenvalue weighted by atomic mass is 32.1. The highest BCUT2D eigenvalue weighted by Crippen LogP contribution is 2.36. The van der Waals surface area contributed by atoms with E-state index < -0.39 is 6.09 Å². The van der Waals surface area contributed by atoms with Crippen molar-refractivity contribution in [1.82, 2.24) is 15.5 Å². The average Bonchev–Trinajstić information content (AvgIpc) is 3.32. The summed E-state index contributed by atoms with van der Waals surface area (Å²) in [5, 5.41) is 21.1. The number of rotatable bonds is 8. The lowest BCUT2D eigenvalue weighted by atomic mass is 9.78. The number of morpholine rings is 1. The number of amides is 1. The minimum Gasteiger partial charge on any atom is -0.490 e. The summed E-state index contributed by atoms with van der Waals surface area (Å²) in [6.45, 7) is 7.41. The van der Waals surface area contributed by atoms with Gasteiger partial charge >= 0.3 is 11.3 Å². The molecule has 1 aliphatic carbocycles. The molecule has 3 aromatic rings. The topological polar surface area (TPSA) is 106 Å². The Labute approximate surface area is 214 Å². The second-order valence-electron chi connectivity index (χ2n) is 9.58. The van der Waals surface area contributed by atoms with Crippen LogP contribution < -0.4 is 19.7 Å². The molecular weight excluding hydrogens is 480 g/mol. The van der Waals surface area contributed by atoms with Crippen molar-refractivity contribution in [1.29, 1.82) is 0 Å². The van der Waals surface area contributed by atoms with Crippen LogP contribution in [0.3, 0.4) is 0 Å². The fourth-order valence-corrected chi connectivity index (χ4v) is 5.20. The molecule has 190 valence electrons. The fourth-order valence-electron chi connectivity index (χ4n) is 4.43.